The Bertz CT molecular complexity index is 1330. The van der Waals surface area contributed by atoms with Crippen LogP contribution < -0.4 is 10.9 Å². The topological polar surface area (TPSA) is 78.9 Å². The molecule has 0 bridgehead atoms. The summed E-state index contributed by atoms with van der Waals surface area (Å²) in [7, 11) is 0. The minimum atomic E-state index is -0.461. The number of benzene rings is 2. The van der Waals surface area contributed by atoms with E-state index in [0.717, 1.165) is 21.1 Å². The van der Waals surface area contributed by atoms with Crippen LogP contribution in [0, 0.1) is 18.3 Å². The van der Waals surface area contributed by atoms with E-state index in [-0.39, 0.29) is 0 Å². The van der Waals surface area contributed by atoms with Crippen molar-refractivity contribution in [3.05, 3.63) is 85.6 Å². The zero-order valence-corrected chi connectivity index (χ0v) is 17.7. The molecule has 0 amide bonds. The van der Waals surface area contributed by atoms with Crippen molar-refractivity contribution in [1.29, 1.82) is 5.26 Å². The highest BCUT2D eigenvalue weighted by Crippen LogP contribution is 2.27. The minimum absolute atomic E-state index is 0.363. The molecule has 5 nitrogen and oxygen atoms in total. The van der Waals surface area contributed by atoms with Crippen LogP contribution in [0.3, 0.4) is 0 Å². The van der Waals surface area contributed by atoms with Gasteiger partial charge in [0.15, 0.2) is 0 Å². The van der Waals surface area contributed by atoms with Gasteiger partial charge in [0.05, 0.1) is 11.3 Å². The molecule has 4 aromatic rings. The molecule has 2 aromatic carbocycles. The summed E-state index contributed by atoms with van der Waals surface area (Å²) >= 11 is 4.72. The monoisotopic (exact) mass is 463 g/mol. The van der Waals surface area contributed by atoms with Crippen molar-refractivity contribution < 1.29 is 4.42 Å². The Morgan fingerprint density at radius 1 is 1.24 bits per heavy atom. The van der Waals surface area contributed by atoms with E-state index in [4.69, 9.17) is 4.42 Å². The molecule has 2 aromatic heterocycles. The molecule has 0 aliphatic rings. The van der Waals surface area contributed by atoms with E-state index in [1.165, 1.54) is 11.3 Å². The SMILES string of the molecule is Cc1ccc(N/C=C(\C#N)c2nc(-c3cc4cc(Br)ccc4oc3=O)cs2)cc1. The minimum Gasteiger partial charge on any atom is -0.422 e. The number of nitrogens with zero attached hydrogens (tertiary/aromatic N) is 2. The molecule has 0 atom stereocenters. The maximum atomic E-state index is 12.4. The van der Waals surface area contributed by atoms with E-state index in [0.29, 0.717) is 27.4 Å². The van der Waals surface area contributed by atoms with Gasteiger partial charge in [0, 0.05) is 27.1 Å². The highest BCUT2D eigenvalue weighted by molar-refractivity contribution is 9.10. The third-order valence-corrected chi connectivity index (χ3v) is 5.63. The fourth-order valence-electron chi connectivity index (χ4n) is 2.74. The molecular formula is C22H14BrN3O2S. The summed E-state index contributed by atoms with van der Waals surface area (Å²) in [4.78, 5) is 16.9. The van der Waals surface area contributed by atoms with Crippen LogP contribution in [0.5, 0.6) is 0 Å². The van der Waals surface area contributed by atoms with Crippen molar-refractivity contribution in [3.63, 3.8) is 0 Å². The zero-order chi connectivity index (χ0) is 20.4. The second-order valence-electron chi connectivity index (χ2n) is 6.35. The molecule has 0 unspecified atom stereocenters. The molecule has 4 rings (SSSR count). The van der Waals surface area contributed by atoms with Gasteiger partial charge in [-0.25, -0.2) is 9.78 Å². The molecule has 0 aliphatic heterocycles. The highest BCUT2D eigenvalue weighted by Gasteiger charge is 2.14. The van der Waals surface area contributed by atoms with E-state index >= 15 is 0 Å². The first kappa shape index (κ1) is 19.1. The molecule has 1 N–H and O–H groups in total. The smallest absolute Gasteiger partial charge is 0.345 e. The Morgan fingerprint density at radius 3 is 2.79 bits per heavy atom. The molecule has 29 heavy (non-hydrogen) atoms. The second-order valence-corrected chi connectivity index (χ2v) is 8.12. The normalized spacial score (nSPS) is 11.4. The average molecular weight is 464 g/mol. The lowest BCUT2D eigenvalue weighted by Gasteiger charge is -2.02. The van der Waals surface area contributed by atoms with Gasteiger partial charge in [-0.2, -0.15) is 5.26 Å². The summed E-state index contributed by atoms with van der Waals surface area (Å²) in [6, 6.07) is 17.2. The van der Waals surface area contributed by atoms with Crippen LogP contribution in [0.2, 0.25) is 0 Å². The van der Waals surface area contributed by atoms with Crippen molar-refractivity contribution >= 4 is 49.5 Å². The van der Waals surface area contributed by atoms with Crippen LogP contribution in [-0.2, 0) is 0 Å². The molecular weight excluding hydrogens is 450 g/mol. The van der Waals surface area contributed by atoms with Gasteiger partial charge in [0.1, 0.15) is 22.2 Å². The summed E-state index contributed by atoms with van der Waals surface area (Å²) in [5, 5.41) is 15.7. The number of anilines is 1. The number of nitrogens with one attached hydrogen (secondary N) is 1. The van der Waals surface area contributed by atoms with Crippen LogP contribution in [0.15, 0.2) is 73.8 Å². The number of fused-ring (bicyclic) bond motifs is 1. The quantitative estimate of drug-likeness (QED) is 0.298. The number of halogens is 1. The third-order valence-electron chi connectivity index (χ3n) is 4.26. The predicted octanol–water partition coefficient (Wildman–Crippen LogP) is 5.96. The van der Waals surface area contributed by atoms with Gasteiger partial charge in [-0.05, 0) is 43.3 Å². The maximum absolute atomic E-state index is 12.4. The van der Waals surface area contributed by atoms with Crippen molar-refractivity contribution in [1.82, 2.24) is 4.98 Å². The summed E-state index contributed by atoms with van der Waals surface area (Å²) in [5.41, 5.74) is 3.31. The van der Waals surface area contributed by atoms with Crippen molar-refractivity contribution in [2.45, 2.75) is 6.92 Å². The van der Waals surface area contributed by atoms with Crippen molar-refractivity contribution in [3.8, 4) is 17.3 Å². The van der Waals surface area contributed by atoms with E-state index in [9.17, 15) is 10.1 Å². The van der Waals surface area contributed by atoms with Gasteiger partial charge < -0.3 is 9.73 Å². The standard InChI is InChI=1S/C22H14BrN3O2S/c1-13-2-5-17(6-3-13)25-11-15(10-24)21-26-19(12-29-21)18-9-14-8-16(23)4-7-20(14)28-22(18)27/h2-9,11-12,25H,1H3/b15-11+. The second kappa shape index (κ2) is 8.03. The van der Waals surface area contributed by atoms with Gasteiger partial charge >= 0.3 is 5.63 Å². The van der Waals surface area contributed by atoms with E-state index < -0.39 is 5.63 Å². The Hall–Kier alpha value is -3.21. The van der Waals surface area contributed by atoms with Crippen LogP contribution in [0.1, 0.15) is 10.6 Å². The Morgan fingerprint density at radius 2 is 2.03 bits per heavy atom. The summed E-state index contributed by atoms with van der Waals surface area (Å²) in [6.45, 7) is 2.01. The van der Waals surface area contributed by atoms with Crippen molar-refractivity contribution in [2.75, 3.05) is 5.32 Å². The van der Waals surface area contributed by atoms with Crippen LogP contribution >= 0.6 is 27.3 Å². The third kappa shape index (κ3) is 4.14. The Balaban J connectivity index is 1.66. The lowest BCUT2D eigenvalue weighted by atomic mass is 10.1. The lowest BCUT2D eigenvalue weighted by Crippen LogP contribution is -2.03. The predicted molar refractivity (Wildman–Crippen MR) is 120 cm³/mol. The summed E-state index contributed by atoms with van der Waals surface area (Å²) in [5.74, 6) is 0. The van der Waals surface area contributed by atoms with Gasteiger partial charge in [0.2, 0.25) is 0 Å². The van der Waals surface area contributed by atoms with Gasteiger partial charge in [-0.15, -0.1) is 11.3 Å². The number of nitriles is 1. The van der Waals surface area contributed by atoms with E-state index in [1.54, 1.807) is 23.7 Å². The molecule has 2 heterocycles. The molecule has 0 radical (unpaired) electrons. The molecule has 7 heteroatoms. The van der Waals surface area contributed by atoms with Gasteiger partial charge in [-0.3, -0.25) is 0 Å². The Labute approximate surface area is 179 Å². The zero-order valence-electron chi connectivity index (χ0n) is 15.3. The number of aromatic nitrogens is 1. The van der Waals surface area contributed by atoms with Gasteiger partial charge in [-0.1, -0.05) is 33.6 Å². The number of rotatable bonds is 4. The molecule has 0 aliphatic carbocycles. The molecule has 0 saturated heterocycles. The van der Waals surface area contributed by atoms with E-state index in [1.807, 2.05) is 43.3 Å². The van der Waals surface area contributed by atoms with Crippen LogP contribution in [0.4, 0.5) is 5.69 Å². The van der Waals surface area contributed by atoms with Gasteiger partial charge in [0.25, 0.3) is 0 Å². The maximum Gasteiger partial charge on any atom is 0.345 e. The Kier molecular flexibility index (Phi) is 5.30. The summed E-state index contributed by atoms with van der Waals surface area (Å²) in [6.07, 6.45) is 1.62. The van der Waals surface area contributed by atoms with Crippen molar-refractivity contribution in [2.24, 2.45) is 0 Å². The lowest BCUT2D eigenvalue weighted by molar-refractivity contribution is 0.563. The number of hydrogen-bond donors (Lipinski definition) is 1. The largest absolute Gasteiger partial charge is 0.422 e. The van der Waals surface area contributed by atoms with Crippen LogP contribution in [0.25, 0.3) is 27.8 Å². The number of thiazole rings is 1. The molecule has 0 saturated carbocycles. The summed E-state index contributed by atoms with van der Waals surface area (Å²) < 4.78 is 6.30. The molecule has 0 spiro atoms. The fourth-order valence-corrected chi connectivity index (χ4v) is 3.91. The first-order valence-corrected chi connectivity index (χ1v) is 10.3. The average Bonchev–Trinajstić information content (AvgIpc) is 3.19. The molecule has 142 valence electrons. The van der Waals surface area contributed by atoms with Crippen LogP contribution in [-0.4, -0.2) is 4.98 Å². The molecule has 0 fully saturated rings. The first-order chi connectivity index (χ1) is 14.0. The van der Waals surface area contributed by atoms with E-state index in [2.05, 4.69) is 32.3 Å². The first-order valence-electron chi connectivity index (χ1n) is 8.66. The highest BCUT2D eigenvalue weighted by atomic mass is 79.9. The fraction of sp³-hybridized carbons (Fsp3) is 0.0455. The number of hydrogen-bond acceptors (Lipinski definition) is 6. The number of aryl methyl sites for hydroxylation is 1. The number of allylic oxidation sites excluding steroid dienone is 1.